The largest absolute Gasteiger partial charge is 0.481 e. The Morgan fingerprint density at radius 3 is 2.86 bits per heavy atom. The summed E-state index contributed by atoms with van der Waals surface area (Å²) in [6.45, 7) is 0.708. The number of benzene rings is 1. The molecule has 0 aromatic heterocycles. The van der Waals surface area contributed by atoms with Crippen molar-refractivity contribution in [2.75, 3.05) is 6.54 Å². The van der Waals surface area contributed by atoms with Gasteiger partial charge in [-0.3, -0.25) is 9.59 Å². The lowest BCUT2D eigenvalue weighted by molar-refractivity contribution is -0.144. The Kier molecular flexibility index (Phi) is 4.32. The van der Waals surface area contributed by atoms with Gasteiger partial charge < -0.3 is 14.7 Å². The first-order valence-electron chi connectivity index (χ1n) is 7.92. The van der Waals surface area contributed by atoms with Gasteiger partial charge in [-0.2, -0.15) is 0 Å². The molecule has 2 aliphatic heterocycles. The molecule has 5 heteroatoms. The highest BCUT2D eigenvalue weighted by Gasteiger charge is 2.36. The maximum absolute atomic E-state index is 12.8. The highest BCUT2D eigenvalue weighted by atomic mass is 16.5. The van der Waals surface area contributed by atoms with Crippen molar-refractivity contribution >= 4 is 11.9 Å². The molecule has 0 spiro atoms. The Bertz CT molecular complexity index is 547. The van der Waals surface area contributed by atoms with Gasteiger partial charge in [0.2, 0.25) is 0 Å². The predicted octanol–water partition coefficient (Wildman–Crippen LogP) is 2.24. The SMILES string of the molecule is O=C(O)CCC1CCCCN1C(=O)C1Cc2ccccc2O1. The molecule has 5 nitrogen and oxygen atoms in total. The monoisotopic (exact) mass is 303 g/mol. The van der Waals surface area contributed by atoms with Crippen molar-refractivity contribution in [1.29, 1.82) is 0 Å². The topological polar surface area (TPSA) is 66.8 Å². The molecule has 2 unspecified atom stereocenters. The van der Waals surface area contributed by atoms with Crippen molar-refractivity contribution in [3.05, 3.63) is 29.8 Å². The average molecular weight is 303 g/mol. The number of carbonyl (C=O) groups excluding carboxylic acids is 1. The van der Waals surface area contributed by atoms with Gasteiger partial charge in [-0.15, -0.1) is 0 Å². The molecule has 0 bridgehead atoms. The standard InChI is InChI=1S/C17H21NO4/c19-16(20)9-8-13-6-3-4-10-18(13)17(21)15-11-12-5-1-2-7-14(12)22-15/h1-2,5,7,13,15H,3-4,6,8-11H2,(H,19,20). The molecule has 0 aliphatic carbocycles. The summed E-state index contributed by atoms with van der Waals surface area (Å²) in [6, 6.07) is 7.76. The second-order valence-corrected chi connectivity index (χ2v) is 6.03. The maximum Gasteiger partial charge on any atom is 0.303 e. The summed E-state index contributed by atoms with van der Waals surface area (Å²) in [6.07, 6.45) is 3.72. The smallest absolute Gasteiger partial charge is 0.303 e. The van der Waals surface area contributed by atoms with Crippen LogP contribution in [-0.2, 0) is 16.0 Å². The fraction of sp³-hybridized carbons (Fsp3) is 0.529. The summed E-state index contributed by atoms with van der Waals surface area (Å²) in [4.78, 5) is 25.4. The van der Waals surface area contributed by atoms with Crippen LogP contribution in [0.5, 0.6) is 5.75 Å². The van der Waals surface area contributed by atoms with Crippen LogP contribution in [0.1, 0.15) is 37.7 Å². The van der Waals surface area contributed by atoms with E-state index in [-0.39, 0.29) is 18.4 Å². The summed E-state index contributed by atoms with van der Waals surface area (Å²) in [7, 11) is 0. The van der Waals surface area contributed by atoms with Crippen LogP contribution >= 0.6 is 0 Å². The van der Waals surface area contributed by atoms with E-state index in [1.54, 1.807) is 0 Å². The number of hydrogen-bond acceptors (Lipinski definition) is 3. The van der Waals surface area contributed by atoms with E-state index in [4.69, 9.17) is 9.84 Å². The van der Waals surface area contributed by atoms with Crippen molar-refractivity contribution in [3.8, 4) is 5.75 Å². The summed E-state index contributed by atoms with van der Waals surface area (Å²) in [5, 5.41) is 8.87. The third-order valence-electron chi connectivity index (χ3n) is 4.52. The van der Waals surface area contributed by atoms with Crippen LogP contribution in [-0.4, -0.2) is 40.6 Å². The summed E-state index contributed by atoms with van der Waals surface area (Å²) >= 11 is 0. The van der Waals surface area contributed by atoms with Crippen LogP contribution in [0.15, 0.2) is 24.3 Å². The number of ether oxygens (including phenoxy) is 1. The maximum atomic E-state index is 12.8. The molecular weight excluding hydrogens is 282 g/mol. The van der Waals surface area contributed by atoms with Gasteiger partial charge >= 0.3 is 5.97 Å². The molecule has 2 heterocycles. The lowest BCUT2D eigenvalue weighted by Crippen LogP contribution is -2.49. The van der Waals surface area contributed by atoms with E-state index in [2.05, 4.69) is 0 Å². The fourth-order valence-corrected chi connectivity index (χ4v) is 3.39. The Labute approximate surface area is 129 Å². The van der Waals surface area contributed by atoms with Gasteiger partial charge in [-0.05, 0) is 37.3 Å². The number of likely N-dealkylation sites (tertiary alicyclic amines) is 1. The zero-order valence-electron chi connectivity index (χ0n) is 12.5. The number of para-hydroxylation sites is 1. The summed E-state index contributed by atoms with van der Waals surface area (Å²) < 4.78 is 5.79. The summed E-state index contributed by atoms with van der Waals surface area (Å²) in [5.41, 5.74) is 1.07. The Morgan fingerprint density at radius 2 is 2.09 bits per heavy atom. The number of carboxylic acids is 1. The van der Waals surface area contributed by atoms with Crippen LogP contribution in [0.4, 0.5) is 0 Å². The van der Waals surface area contributed by atoms with Gasteiger partial charge in [0.25, 0.3) is 5.91 Å². The lowest BCUT2D eigenvalue weighted by Gasteiger charge is -2.37. The first kappa shape index (κ1) is 14.9. The van der Waals surface area contributed by atoms with Crippen LogP contribution in [0.3, 0.4) is 0 Å². The van der Waals surface area contributed by atoms with E-state index in [1.165, 1.54) is 0 Å². The van der Waals surface area contributed by atoms with Crippen molar-refractivity contribution < 1.29 is 19.4 Å². The highest BCUT2D eigenvalue weighted by molar-refractivity contribution is 5.83. The van der Waals surface area contributed by atoms with E-state index in [9.17, 15) is 9.59 Å². The molecular formula is C17H21NO4. The van der Waals surface area contributed by atoms with Crippen LogP contribution in [0.2, 0.25) is 0 Å². The molecule has 3 rings (SSSR count). The normalized spacial score (nSPS) is 23.7. The molecule has 0 saturated carbocycles. The molecule has 118 valence electrons. The van der Waals surface area contributed by atoms with Gasteiger partial charge in [0, 0.05) is 25.4 Å². The van der Waals surface area contributed by atoms with Crippen molar-refractivity contribution in [3.63, 3.8) is 0 Å². The highest BCUT2D eigenvalue weighted by Crippen LogP contribution is 2.30. The molecule has 1 N–H and O–H groups in total. The quantitative estimate of drug-likeness (QED) is 0.926. The van der Waals surface area contributed by atoms with Gasteiger partial charge in [-0.1, -0.05) is 18.2 Å². The molecule has 0 radical (unpaired) electrons. The molecule has 1 saturated heterocycles. The number of fused-ring (bicyclic) bond motifs is 1. The minimum absolute atomic E-state index is 0.00582. The van der Waals surface area contributed by atoms with E-state index in [0.29, 0.717) is 19.4 Å². The summed E-state index contributed by atoms with van der Waals surface area (Å²) in [5.74, 6) is -0.00581. The molecule has 1 aromatic rings. The first-order valence-corrected chi connectivity index (χ1v) is 7.92. The number of nitrogens with zero attached hydrogens (tertiary/aromatic N) is 1. The number of carboxylic acid groups (broad SMARTS) is 1. The molecule has 1 aromatic carbocycles. The third-order valence-corrected chi connectivity index (χ3v) is 4.52. The second-order valence-electron chi connectivity index (χ2n) is 6.03. The molecule has 1 amide bonds. The van der Waals surface area contributed by atoms with Crippen LogP contribution in [0.25, 0.3) is 0 Å². The van der Waals surface area contributed by atoms with E-state index in [1.807, 2.05) is 29.2 Å². The number of carbonyl (C=O) groups is 2. The third kappa shape index (κ3) is 3.08. The Hall–Kier alpha value is -2.04. The number of piperidine rings is 1. The Morgan fingerprint density at radius 1 is 1.27 bits per heavy atom. The fourth-order valence-electron chi connectivity index (χ4n) is 3.39. The van der Waals surface area contributed by atoms with Crippen LogP contribution < -0.4 is 4.74 Å². The zero-order chi connectivity index (χ0) is 15.5. The average Bonchev–Trinajstić information content (AvgIpc) is 2.96. The van der Waals surface area contributed by atoms with E-state index < -0.39 is 12.1 Å². The minimum atomic E-state index is -0.803. The number of rotatable bonds is 4. The number of amides is 1. The van der Waals surface area contributed by atoms with Crippen LogP contribution in [0, 0.1) is 0 Å². The lowest BCUT2D eigenvalue weighted by atomic mass is 9.96. The van der Waals surface area contributed by atoms with Gasteiger partial charge in [0.05, 0.1) is 0 Å². The van der Waals surface area contributed by atoms with Gasteiger partial charge in [-0.25, -0.2) is 0 Å². The van der Waals surface area contributed by atoms with Crippen molar-refractivity contribution in [2.24, 2.45) is 0 Å². The van der Waals surface area contributed by atoms with Crippen molar-refractivity contribution in [1.82, 2.24) is 4.90 Å². The number of aliphatic carboxylic acids is 1. The number of hydrogen-bond donors (Lipinski definition) is 1. The molecule has 2 aliphatic rings. The van der Waals surface area contributed by atoms with Crippen molar-refractivity contribution in [2.45, 2.75) is 50.7 Å². The molecule has 22 heavy (non-hydrogen) atoms. The molecule has 2 atom stereocenters. The molecule has 1 fully saturated rings. The predicted molar refractivity (Wildman–Crippen MR) is 80.8 cm³/mol. The van der Waals surface area contributed by atoms with Gasteiger partial charge in [0.15, 0.2) is 6.10 Å². The zero-order valence-corrected chi connectivity index (χ0v) is 12.5. The second kappa shape index (κ2) is 6.38. The first-order chi connectivity index (χ1) is 10.6. The minimum Gasteiger partial charge on any atom is -0.481 e. The van der Waals surface area contributed by atoms with Gasteiger partial charge in [0.1, 0.15) is 5.75 Å². The Balaban J connectivity index is 1.66. The van der Waals surface area contributed by atoms with E-state index >= 15 is 0 Å². The van der Waals surface area contributed by atoms with E-state index in [0.717, 1.165) is 30.6 Å².